The van der Waals surface area contributed by atoms with Crippen LogP contribution in [0.25, 0.3) is 0 Å². The molecule has 1 heterocycles. The first-order valence-electron chi connectivity index (χ1n) is 6.66. The van der Waals surface area contributed by atoms with Crippen LogP contribution in [-0.2, 0) is 4.79 Å². The molecule has 0 aromatic rings. The molecule has 1 aliphatic carbocycles. The minimum absolute atomic E-state index is 0.150. The van der Waals surface area contributed by atoms with Crippen LogP contribution >= 0.6 is 0 Å². The van der Waals surface area contributed by atoms with Gasteiger partial charge in [0.15, 0.2) is 0 Å². The molecule has 2 unspecified atom stereocenters. The lowest BCUT2D eigenvalue weighted by atomic mass is 9.99. The average Bonchev–Trinajstić information content (AvgIpc) is 2.97. The first-order chi connectivity index (χ1) is 7.55. The van der Waals surface area contributed by atoms with Crippen molar-refractivity contribution in [3.05, 3.63) is 0 Å². The predicted molar refractivity (Wildman–Crippen MR) is 64.9 cm³/mol. The SMILES string of the molecule is CCC1NC2(CC2)C(=O)N1C(CC)C(C)C. The van der Waals surface area contributed by atoms with Gasteiger partial charge in [-0.3, -0.25) is 10.1 Å². The number of carbonyl (C=O) groups is 1. The Hall–Kier alpha value is -0.570. The third kappa shape index (κ3) is 1.65. The van der Waals surface area contributed by atoms with Crippen molar-refractivity contribution in [2.45, 2.75) is 71.1 Å². The summed E-state index contributed by atoms with van der Waals surface area (Å²) in [5.41, 5.74) is -0.150. The molecule has 1 aliphatic heterocycles. The number of rotatable bonds is 4. The van der Waals surface area contributed by atoms with Gasteiger partial charge in [-0.1, -0.05) is 27.7 Å². The van der Waals surface area contributed by atoms with E-state index in [1.54, 1.807) is 0 Å². The summed E-state index contributed by atoms with van der Waals surface area (Å²) in [5.74, 6) is 0.901. The molecule has 0 radical (unpaired) electrons. The van der Waals surface area contributed by atoms with Crippen LogP contribution in [0.15, 0.2) is 0 Å². The molecule has 1 amide bonds. The molecular weight excluding hydrogens is 200 g/mol. The summed E-state index contributed by atoms with van der Waals surface area (Å²) in [7, 11) is 0. The van der Waals surface area contributed by atoms with Crippen molar-refractivity contribution < 1.29 is 4.79 Å². The molecule has 2 aliphatic rings. The Labute approximate surface area is 98.6 Å². The topological polar surface area (TPSA) is 32.3 Å². The van der Waals surface area contributed by atoms with Gasteiger partial charge in [-0.05, 0) is 31.6 Å². The maximum Gasteiger partial charge on any atom is 0.244 e. The fourth-order valence-corrected chi connectivity index (χ4v) is 2.99. The summed E-state index contributed by atoms with van der Waals surface area (Å²) >= 11 is 0. The highest BCUT2D eigenvalue weighted by atomic mass is 16.2. The van der Waals surface area contributed by atoms with Gasteiger partial charge in [-0.25, -0.2) is 0 Å². The van der Waals surface area contributed by atoms with E-state index in [1.807, 2.05) is 0 Å². The molecule has 3 nitrogen and oxygen atoms in total. The van der Waals surface area contributed by atoms with Crippen molar-refractivity contribution in [3.8, 4) is 0 Å². The second-order valence-corrected chi connectivity index (χ2v) is 5.58. The highest BCUT2D eigenvalue weighted by Crippen LogP contribution is 2.44. The Balaban J connectivity index is 2.20. The minimum Gasteiger partial charge on any atom is -0.322 e. The Morgan fingerprint density at radius 1 is 1.44 bits per heavy atom. The Bertz CT molecular complexity index is 284. The Morgan fingerprint density at radius 2 is 2.06 bits per heavy atom. The van der Waals surface area contributed by atoms with Gasteiger partial charge in [0, 0.05) is 6.04 Å². The van der Waals surface area contributed by atoms with Crippen molar-refractivity contribution in [1.82, 2.24) is 10.2 Å². The van der Waals surface area contributed by atoms with Gasteiger partial charge in [0.2, 0.25) is 5.91 Å². The molecule has 2 fully saturated rings. The quantitative estimate of drug-likeness (QED) is 0.793. The van der Waals surface area contributed by atoms with Gasteiger partial charge in [0.05, 0.1) is 11.7 Å². The summed E-state index contributed by atoms with van der Waals surface area (Å²) in [5, 5.41) is 3.54. The number of hydrogen-bond donors (Lipinski definition) is 1. The first-order valence-corrected chi connectivity index (χ1v) is 6.66. The average molecular weight is 224 g/mol. The van der Waals surface area contributed by atoms with E-state index in [9.17, 15) is 4.79 Å². The highest BCUT2D eigenvalue weighted by Gasteiger charge is 2.59. The molecule has 1 N–H and O–H groups in total. The van der Waals surface area contributed by atoms with E-state index >= 15 is 0 Å². The van der Waals surface area contributed by atoms with E-state index in [1.165, 1.54) is 0 Å². The van der Waals surface area contributed by atoms with Gasteiger partial charge >= 0.3 is 0 Å². The first kappa shape index (κ1) is 11.9. The highest BCUT2D eigenvalue weighted by molar-refractivity contribution is 5.92. The number of amides is 1. The van der Waals surface area contributed by atoms with E-state index in [0.717, 1.165) is 25.7 Å². The molecule has 16 heavy (non-hydrogen) atoms. The number of carbonyl (C=O) groups excluding carboxylic acids is 1. The third-order valence-electron chi connectivity index (χ3n) is 4.10. The van der Waals surface area contributed by atoms with Gasteiger partial charge in [-0.2, -0.15) is 0 Å². The number of nitrogens with zero attached hydrogens (tertiary/aromatic N) is 1. The third-order valence-corrected chi connectivity index (χ3v) is 4.10. The van der Waals surface area contributed by atoms with Crippen LogP contribution in [0.5, 0.6) is 0 Å². The van der Waals surface area contributed by atoms with Crippen LogP contribution in [-0.4, -0.2) is 28.6 Å². The Morgan fingerprint density at radius 3 is 2.44 bits per heavy atom. The molecule has 1 saturated heterocycles. The molecular formula is C13H24N2O. The van der Waals surface area contributed by atoms with Crippen molar-refractivity contribution in [2.75, 3.05) is 0 Å². The van der Waals surface area contributed by atoms with Crippen molar-refractivity contribution >= 4 is 5.91 Å². The molecule has 0 bridgehead atoms. The molecule has 92 valence electrons. The molecule has 0 aromatic heterocycles. The molecule has 1 saturated carbocycles. The van der Waals surface area contributed by atoms with Crippen molar-refractivity contribution in [2.24, 2.45) is 5.92 Å². The summed E-state index contributed by atoms with van der Waals surface area (Å²) in [4.78, 5) is 14.6. The fourth-order valence-electron chi connectivity index (χ4n) is 2.99. The maximum atomic E-state index is 12.4. The lowest BCUT2D eigenvalue weighted by Crippen LogP contribution is -2.46. The maximum absolute atomic E-state index is 12.4. The standard InChI is InChI=1S/C13H24N2O/c1-5-10(9(3)4)15-11(6-2)14-13(7-8-13)12(15)16/h9-11,14H,5-8H2,1-4H3. The molecule has 3 heteroatoms. The zero-order chi connectivity index (χ0) is 11.9. The van der Waals surface area contributed by atoms with E-state index in [-0.39, 0.29) is 11.7 Å². The summed E-state index contributed by atoms with van der Waals surface area (Å²) in [6, 6.07) is 0.393. The summed E-state index contributed by atoms with van der Waals surface area (Å²) < 4.78 is 0. The van der Waals surface area contributed by atoms with Gasteiger partial charge < -0.3 is 4.90 Å². The summed E-state index contributed by atoms with van der Waals surface area (Å²) in [6.45, 7) is 8.77. The largest absolute Gasteiger partial charge is 0.322 e. The Kier molecular flexibility index (Phi) is 2.99. The fraction of sp³-hybridized carbons (Fsp3) is 0.923. The van der Waals surface area contributed by atoms with Crippen LogP contribution in [0.1, 0.15) is 53.4 Å². The van der Waals surface area contributed by atoms with E-state index in [4.69, 9.17) is 0 Å². The van der Waals surface area contributed by atoms with Crippen molar-refractivity contribution in [3.63, 3.8) is 0 Å². The monoisotopic (exact) mass is 224 g/mol. The van der Waals surface area contributed by atoms with Gasteiger partial charge in [-0.15, -0.1) is 0 Å². The predicted octanol–water partition coefficient (Wildman–Crippen LogP) is 2.12. The number of nitrogens with one attached hydrogen (secondary N) is 1. The van der Waals surface area contributed by atoms with Crippen LogP contribution in [0.3, 0.4) is 0 Å². The second-order valence-electron chi connectivity index (χ2n) is 5.58. The summed E-state index contributed by atoms with van der Waals surface area (Å²) in [6.07, 6.45) is 4.40. The van der Waals surface area contributed by atoms with Crippen LogP contribution in [0, 0.1) is 5.92 Å². The lowest BCUT2D eigenvalue weighted by Gasteiger charge is -2.34. The molecule has 0 aromatic carbocycles. The normalized spacial score (nSPS) is 29.2. The van der Waals surface area contributed by atoms with E-state index in [2.05, 4.69) is 37.9 Å². The lowest BCUT2D eigenvalue weighted by molar-refractivity contribution is -0.134. The zero-order valence-electron chi connectivity index (χ0n) is 10.9. The zero-order valence-corrected chi connectivity index (χ0v) is 10.9. The van der Waals surface area contributed by atoms with E-state index in [0.29, 0.717) is 17.9 Å². The second kappa shape index (κ2) is 4.02. The van der Waals surface area contributed by atoms with Gasteiger partial charge in [0.25, 0.3) is 0 Å². The smallest absolute Gasteiger partial charge is 0.244 e. The van der Waals surface area contributed by atoms with E-state index < -0.39 is 0 Å². The molecule has 1 spiro atoms. The van der Waals surface area contributed by atoms with Crippen LogP contribution < -0.4 is 5.32 Å². The van der Waals surface area contributed by atoms with Crippen LogP contribution in [0.4, 0.5) is 0 Å². The van der Waals surface area contributed by atoms with Crippen LogP contribution in [0.2, 0.25) is 0 Å². The molecule has 2 rings (SSSR count). The number of hydrogen-bond acceptors (Lipinski definition) is 2. The molecule has 2 atom stereocenters. The van der Waals surface area contributed by atoms with Crippen molar-refractivity contribution in [1.29, 1.82) is 0 Å². The minimum atomic E-state index is -0.150. The van der Waals surface area contributed by atoms with Gasteiger partial charge in [0.1, 0.15) is 0 Å².